The van der Waals surface area contributed by atoms with Gasteiger partial charge in [-0.3, -0.25) is 0 Å². The third kappa shape index (κ3) is 3.12. The fourth-order valence-corrected chi connectivity index (χ4v) is 6.35. The van der Waals surface area contributed by atoms with Gasteiger partial charge in [0.05, 0.1) is 5.56 Å². The van der Waals surface area contributed by atoms with Crippen LogP contribution in [0.2, 0.25) is 0 Å². The highest BCUT2D eigenvalue weighted by Gasteiger charge is 2.44. The Morgan fingerprint density at radius 2 is 1.51 bits per heavy atom. The van der Waals surface area contributed by atoms with Crippen LogP contribution in [0.25, 0.3) is 44.0 Å². The van der Waals surface area contributed by atoms with Crippen molar-refractivity contribution < 1.29 is 17.2 Å². The Balaban J connectivity index is 1.85. The standard InChI is InChI=1S/C33H36NO/c1-19-15-20(2)27(31-26(19)24-16-22-11-9-10-12-23(22)17-25(24)35-31)30-29-28(21(3)18-34(30)8)32(4,5)13-14-33(29,6)7/h9-12,15-18H,13-14H2,1-8H3/q+1/i1D3,3D3. The number of aromatic nitrogens is 1. The highest BCUT2D eigenvalue weighted by atomic mass is 16.3. The van der Waals surface area contributed by atoms with Crippen molar-refractivity contribution in [1.29, 1.82) is 0 Å². The SMILES string of the molecule is [2H]C([2H])([2H])c1c[n+](C)c(-c2c(C)cc(C([2H])([2H])[2H])c3c2oc2cc4ccccc4cc23)c2c1C(C)(C)CCC2(C)C. The molecular formula is C33H36NO+. The number of hydrogen-bond donors (Lipinski definition) is 0. The zero-order valence-electron chi connectivity index (χ0n) is 27.4. The average molecular weight is 469 g/mol. The van der Waals surface area contributed by atoms with Crippen LogP contribution in [0.1, 0.15) is 76.6 Å². The van der Waals surface area contributed by atoms with Crippen molar-refractivity contribution in [3.8, 4) is 11.3 Å². The number of aryl methyl sites for hydroxylation is 4. The minimum absolute atomic E-state index is 0.262. The van der Waals surface area contributed by atoms with Gasteiger partial charge < -0.3 is 4.42 Å². The monoisotopic (exact) mass is 468 g/mol. The maximum Gasteiger partial charge on any atom is 0.220 e. The van der Waals surface area contributed by atoms with Gasteiger partial charge in [-0.05, 0) is 83.9 Å². The second kappa shape index (κ2) is 7.20. The van der Waals surface area contributed by atoms with E-state index in [1.807, 2.05) is 54.9 Å². The first-order chi connectivity index (χ1) is 18.9. The van der Waals surface area contributed by atoms with Gasteiger partial charge in [0.25, 0.3) is 0 Å². The predicted molar refractivity (Wildman–Crippen MR) is 147 cm³/mol. The second-order valence-corrected chi connectivity index (χ2v) is 11.6. The largest absolute Gasteiger partial charge is 0.455 e. The Labute approximate surface area is 217 Å². The summed E-state index contributed by atoms with van der Waals surface area (Å²) in [6.45, 7) is 5.93. The van der Waals surface area contributed by atoms with Crippen molar-refractivity contribution in [2.24, 2.45) is 7.05 Å². The molecule has 1 aliphatic carbocycles. The number of fused-ring (bicyclic) bond motifs is 5. The molecule has 0 atom stereocenters. The number of hydrogen-bond acceptors (Lipinski definition) is 1. The van der Waals surface area contributed by atoms with Crippen molar-refractivity contribution in [1.82, 2.24) is 0 Å². The third-order valence-corrected chi connectivity index (χ3v) is 8.20. The van der Waals surface area contributed by atoms with Crippen LogP contribution in [0.4, 0.5) is 0 Å². The third-order valence-electron chi connectivity index (χ3n) is 8.20. The van der Waals surface area contributed by atoms with Crippen molar-refractivity contribution in [2.75, 3.05) is 0 Å². The first kappa shape index (κ1) is 16.5. The van der Waals surface area contributed by atoms with Crippen LogP contribution in [0.15, 0.2) is 53.1 Å². The molecule has 6 rings (SSSR count). The summed E-state index contributed by atoms with van der Waals surface area (Å²) in [5, 5.41) is 3.38. The van der Waals surface area contributed by atoms with Crippen LogP contribution in [0, 0.1) is 20.6 Å². The van der Waals surface area contributed by atoms with E-state index in [2.05, 4.69) is 27.7 Å². The summed E-state index contributed by atoms with van der Waals surface area (Å²) >= 11 is 0. The number of furan rings is 1. The van der Waals surface area contributed by atoms with Gasteiger partial charge >= 0.3 is 0 Å². The fourth-order valence-electron chi connectivity index (χ4n) is 6.35. The Bertz CT molecular complexity index is 1890. The van der Waals surface area contributed by atoms with E-state index >= 15 is 0 Å². The summed E-state index contributed by atoms with van der Waals surface area (Å²) in [4.78, 5) is 0. The molecule has 3 aromatic carbocycles. The molecule has 0 bridgehead atoms. The number of benzene rings is 3. The molecular weight excluding hydrogens is 426 g/mol. The lowest BCUT2D eigenvalue weighted by molar-refractivity contribution is -0.661. The van der Waals surface area contributed by atoms with Crippen LogP contribution in [-0.2, 0) is 17.9 Å². The molecule has 0 saturated carbocycles. The summed E-state index contributed by atoms with van der Waals surface area (Å²) in [6.07, 6.45) is 3.52. The van der Waals surface area contributed by atoms with Crippen molar-refractivity contribution in [3.05, 3.63) is 76.5 Å². The quantitative estimate of drug-likeness (QED) is 0.225. The Morgan fingerprint density at radius 3 is 2.20 bits per heavy atom. The first-order valence-corrected chi connectivity index (χ1v) is 12.4. The molecule has 2 nitrogen and oxygen atoms in total. The summed E-state index contributed by atoms with van der Waals surface area (Å²) in [6, 6.07) is 13.8. The molecule has 1 aliphatic rings. The molecule has 2 aromatic heterocycles. The molecule has 0 unspecified atom stereocenters. The molecule has 0 fully saturated rings. The number of pyridine rings is 1. The molecule has 178 valence electrons. The van der Waals surface area contributed by atoms with Gasteiger partial charge in [0.15, 0.2) is 6.20 Å². The summed E-state index contributed by atoms with van der Waals surface area (Å²) in [5.74, 6) is 0. The summed E-state index contributed by atoms with van der Waals surface area (Å²) < 4.78 is 59.2. The highest BCUT2D eigenvalue weighted by Crippen LogP contribution is 2.51. The molecule has 0 N–H and O–H groups in total. The second-order valence-electron chi connectivity index (χ2n) is 11.6. The Hall–Kier alpha value is -3.13. The fraction of sp³-hybridized carbons (Fsp3) is 0.364. The van der Waals surface area contributed by atoms with E-state index in [-0.39, 0.29) is 16.4 Å². The van der Waals surface area contributed by atoms with Crippen LogP contribution < -0.4 is 4.57 Å². The van der Waals surface area contributed by atoms with Crippen LogP contribution in [0.3, 0.4) is 0 Å². The molecule has 0 amide bonds. The smallest absolute Gasteiger partial charge is 0.220 e. The normalized spacial score (nSPS) is 20.1. The van der Waals surface area contributed by atoms with E-state index in [4.69, 9.17) is 12.6 Å². The maximum absolute atomic E-state index is 8.44. The van der Waals surface area contributed by atoms with Crippen LogP contribution >= 0.6 is 0 Å². The van der Waals surface area contributed by atoms with Crippen LogP contribution in [-0.4, -0.2) is 0 Å². The lowest BCUT2D eigenvalue weighted by Gasteiger charge is -2.42. The van der Waals surface area contributed by atoms with E-state index < -0.39 is 13.7 Å². The Morgan fingerprint density at radius 1 is 0.857 bits per heavy atom. The zero-order chi connectivity index (χ0) is 29.9. The molecule has 5 aromatic rings. The highest BCUT2D eigenvalue weighted by molar-refractivity contribution is 6.14. The van der Waals surface area contributed by atoms with E-state index in [1.165, 1.54) is 0 Å². The van der Waals surface area contributed by atoms with Gasteiger partial charge in [-0.2, -0.15) is 0 Å². The molecule has 35 heavy (non-hydrogen) atoms. The van der Waals surface area contributed by atoms with Crippen molar-refractivity contribution >= 4 is 32.7 Å². The number of nitrogens with zero attached hydrogens (tertiary/aromatic N) is 1. The van der Waals surface area contributed by atoms with Crippen molar-refractivity contribution in [2.45, 2.75) is 72.0 Å². The average Bonchev–Trinajstić information content (AvgIpc) is 3.21. The Kier molecular flexibility index (Phi) is 3.40. The van der Waals surface area contributed by atoms with Gasteiger partial charge in [-0.25, -0.2) is 4.57 Å². The predicted octanol–water partition coefficient (Wildman–Crippen LogP) is 8.50. The lowest BCUT2D eigenvalue weighted by atomic mass is 9.61. The molecule has 0 saturated heterocycles. The summed E-state index contributed by atoms with van der Waals surface area (Å²) in [5.41, 5.74) is 5.48. The maximum atomic E-state index is 8.44. The lowest BCUT2D eigenvalue weighted by Crippen LogP contribution is -2.42. The minimum Gasteiger partial charge on any atom is -0.455 e. The number of rotatable bonds is 1. The minimum atomic E-state index is -2.35. The topological polar surface area (TPSA) is 17.0 Å². The molecule has 0 spiro atoms. The molecule has 2 heterocycles. The van der Waals surface area contributed by atoms with Gasteiger partial charge in [-0.15, -0.1) is 0 Å². The van der Waals surface area contributed by atoms with E-state index in [0.29, 0.717) is 22.1 Å². The van der Waals surface area contributed by atoms with Gasteiger partial charge in [-0.1, -0.05) is 58.0 Å². The van der Waals surface area contributed by atoms with Crippen LogP contribution in [0.5, 0.6) is 0 Å². The molecule has 0 aliphatic heterocycles. The first-order valence-electron chi connectivity index (χ1n) is 15.4. The summed E-state index contributed by atoms with van der Waals surface area (Å²) in [7, 11) is 1.89. The van der Waals surface area contributed by atoms with E-state index in [9.17, 15) is 0 Å². The van der Waals surface area contributed by atoms with Gasteiger partial charge in [0, 0.05) is 30.1 Å². The van der Waals surface area contributed by atoms with E-state index in [0.717, 1.165) is 56.9 Å². The molecule has 0 radical (unpaired) electrons. The van der Waals surface area contributed by atoms with E-state index in [1.54, 1.807) is 12.3 Å². The van der Waals surface area contributed by atoms with Gasteiger partial charge in [0.1, 0.15) is 18.2 Å². The zero-order valence-corrected chi connectivity index (χ0v) is 21.4. The molecule has 2 heteroatoms. The van der Waals surface area contributed by atoms with Gasteiger partial charge in [0.2, 0.25) is 5.69 Å². The van der Waals surface area contributed by atoms with Crippen molar-refractivity contribution in [3.63, 3.8) is 0 Å².